The van der Waals surface area contributed by atoms with E-state index in [1.807, 2.05) is 70.5 Å². The van der Waals surface area contributed by atoms with E-state index in [9.17, 15) is 14.4 Å². The molecule has 32 heavy (non-hydrogen) atoms. The Labute approximate surface area is 188 Å². The van der Waals surface area contributed by atoms with E-state index < -0.39 is 6.04 Å². The second kappa shape index (κ2) is 10.3. The van der Waals surface area contributed by atoms with Crippen LogP contribution in [0.1, 0.15) is 37.3 Å². The molecule has 2 heterocycles. The van der Waals surface area contributed by atoms with Gasteiger partial charge in [-0.3, -0.25) is 9.59 Å². The lowest BCUT2D eigenvalue weighted by Gasteiger charge is -2.34. The van der Waals surface area contributed by atoms with Gasteiger partial charge in [-0.15, -0.1) is 0 Å². The number of likely N-dealkylation sites (tertiary alicyclic amines) is 2. The van der Waals surface area contributed by atoms with Crippen molar-refractivity contribution in [3.05, 3.63) is 66.2 Å². The third-order valence-corrected chi connectivity index (χ3v) is 6.24. The molecule has 2 fully saturated rings. The standard InChI is InChI=1S/C25H30N4O3/c30-23(20-13-17-29(18-14-20)25(32)28-15-7-8-16-28)27-22(19-9-3-1-4-10-19)24(31)26-21-11-5-2-6-12-21/h1-6,9-12,20,22H,7-8,13-18H2,(H,26,31)(H,27,30). The van der Waals surface area contributed by atoms with Gasteiger partial charge in [-0.05, 0) is 43.4 Å². The molecular formula is C25H30N4O3. The summed E-state index contributed by atoms with van der Waals surface area (Å²) in [6.07, 6.45) is 3.34. The first-order chi connectivity index (χ1) is 15.6. The molecule has 0 radical (unpaired) electrons. The highest BCUT2D eigenvalue weighted by Gasteiger charge is 2.32. The number of para-hydroxylation sites is 1. The lowest BCUT2D eigenvalue weighted by Crippen LogP contribution is -2.48. The Balaban J connectivity index is 1.38. The second-order valence-electron chi connectivity index (χ2n) is 8.45. The van der Waals surface area contributed by atoms with E-state index in [1.54, 1.807) is 0 Å². The van der Waals surface area contributed by atoms with Gasteiger partial charge in [-0.2, -0.15) is 0 Å². The molecule has 4 rings (SSSR count). The van der Waals surface area contributed by atoms with Crippen molar-refractivity contribution in [3.8, 4) is 0 Å². The summed E-state index contributed by atoms with van der Waals surface area (Å²) in [5.74, 6) is -0.638. The third-order valence-electron chi connectivity index (χ3n) is 6.24. The summed E-state index contributed by atoms with van der Waals surface area (Å²) < 4.78 is 0. The van der Waals surface area contributed by atoms with Crippen molar-refractivity contribution >= 4 is 23.5 Å². The van der Waals surface area contributed by atoms with Gasteiger partial charge < -0.3 is 20.4 Å². The molecule has 0 bridgehead atoms. The van der Waals surface area contributed by atoms with Gasteiger partial charge >= 0.3 is 6.03 Å². The van der Waals surface area contributed by atoms with Gasteiger partial charge in [-0.1, -0.05) is 48.5 Å². The topological polar surface area (TPSA) is 81.8 Å². The zero-order chi connectivity index (χ0) is 22.3. The van der Waals surface area contributed by atoms with Gasteiger partial charge in [0.1, 0.15) is 6.04 Å². The molecule has 168 valence electrons. The first-order valence-electron chi connectivity index (χ1n) is 11.4. The van der Waals surface area contributed by atoms with Gasteiger partial charge in [0, 0.05) is 37.8 Å². The molecule has 7 nitrogen and oxygen atoms in total. The fraction of sp³-hybridized carbons (Fsp3) is 0.400. The predicted molar refractivity (Wildman–Crippen MR) is 123 cm³/mol. The Morgan fingerprint density at radius 1 is 0.781 bits per heavy atom. The van der Waals surface area contributed by atoms with Gasteiger partial charge in [0.2, 0.25) is 5.91 Å². The maximum absolute atomic E-state index is 13.1. The minimum atomic E-state index is -0.784. The number of benzene rings is 2. The molecule has 0 spiro atoms. The van der Waals surface area contributed by atoms with E-state index in [4.69, 9.17) is 0 Å². The molecule has 2 aromatic carbocycles. The van der Waals surface area contributed by atoms with Crippen molar-refractivity contribution in [2.75, 3.05) is 31.5 Å². The Bertz CT molecular complexity index is 921. The number of nitrogens with one attached hydrogen (secondary N) is 2. The highest BCUT2D eigenvalue weighted by molar-refractivity contribution is 5.98. The van der Waals surface area contributed by atoms with Gasteiger partial charge in [-0.25, -0.2) is 4.79 Å². The summed E-state index contributed by atoms with van der Waals surface area (Å²) in [6.45, 7) is 2.79. The number of amides is 4. The van der Waals surface area contributed by atoms with Crippen LogP contribution >= 0.6 is 0 Å². The Morgan fingerprint density at radius 2 is 1.34 bits per heavy atom. The van der Waals surface area contributed by atoms with Gasteiger partial charge in [0.25, 0.3) is 5.91 Å². The Hall–Kier alpha value is -3.35. The van der Waals surface area contributed by atoms with Crippen LogP contribution in [0.5, 0.6) is 0 Å². The average molecular weight is 435 g/mol. The van der Waals surface area contributed by atoms with E-state index in [1.165, 1.54) is 0 Å². The van der Waals surface area contributed by atoms with E-state index in [0.717, 1.165) is 31.5 Å². The highest BCUT2D eigenvalue weighted by Crippen LogP contribution is 2.23. The number of carbonyl (C=O) groups excluding carboxylic acids is 3. The molecule has 2 aromatic rings. The number of urea groups is 1. The van der Waals surface area contributed by atoms with Crippen LogP contribution in [0.2, 0.25) is 0 Å². The van der Waals surface area contributed by atoms with Crippen molar-refractivity contribution in [2.24, 2.45) is 5.92 Å². The SMILES string of the molecule is O=C(NC(C(=O)Nc1ccccc1)c1ccccc1)C1CCN(C(=O)N2CCCC2)CC1. The zero-order valence-electron chi connectivity index (χ0n) is 18.2. The van der Waals surface area contributed by atoms with Crippen LogP contribution in [0.15, 0.2) is 60.7 Å². The number of carbonyl (C=O) groups is 3. The van der Waals surface area contributed by atoms with Crippen molar-refractivity contribution in [2.45, 2.75) is 31.7 Å². The molecule has 2 aliphatic heterocycles. The van der Waals surface area contributed by atoms with Crippen LogP contribution in [0.4, 0.5) is 10.5 Å². The molecule has 7 heteroatoms. The van der Waals surface area contributed by atoms with Crippen LogP contribution in [-0.2, 0) is 9.59 Å². The molecule has 0 aromatic heterocycles. The quantitative estimate of drug-likeness (QED) is 0.757. The van der Waals surface area contributed by atoms with Gasteiger partial charge in [0.05, 0.1) is 0 Å². The van der Waals surface area contributed by atoms with Crippen LogP contribution in [-0.4, -0.2) is 53.8 Å². The minimum absolute atomic E-state index is 0.0887. The average Bonchev–Trinajstić information content (AvgIpc) is 3.38. The predicted octanol–water partition coefficient (Wildman–Crippen LogP) is 3.41. The summed E-state index contributed by atoms with van der Waals surface area (Å²) in [5.41, 5.74) is 1.41. The van der Waals surface area contributed by atoms with Gasteiger partial charge in [0.15, 0.2) is 0 Å². The number of anilines is 1. The summed E-state index contributed by atoms with van der Waals surface area (Å²) in [7, 11) is 0. The van der Waals surface area contributed by atoms with Crippen molar-refractivity contribution in [1.29, 1.82) is 0 Å². The van der Waals surface area contributed by atoms with E-state index in [-0.39, 0.29) is 23.8 Å². The summed E-state index contributed by atoms with van der Waals surface area (Å²) in [6, 6.07) is 17.8. The Kier molecular flexibility index (Phi) is 7.04. The van der Waals surface area contributed by atoms with Crippen LogP contribution < -0.4 is 10.6 Å². The second-order valence-corrected chi connectivity index (χ2v) is 8.45. The third kappa shape index (κ3) is 5.28. The molecule has 2 aliphatic rings. The maximum Gasteiger partial charge on any atom is 0.319 e. The van der Waals surface area contributed by atoms with E-state index >= 15 is 0 Å². The molecule has 1 unspecified atom stereocenters. The lowest BCUT2D eigenvalue weighted by molar-refractivity contribution is -0.130. The number of hydrogen-bond acceptors (Lipinski definition) is 3. The maximum atomic E-state index is 13.1. The lowest BCUT2D eigenvalue weighted by atomic mass is 9.95. The minimum Gasteiger partial charge on any atom is -0.340 e. The molecule has 2 N–H and O–H groups in total. The molecule has 0 saturated carbocycles. The normalized spacial score (nSPS) is 17.6. The molecular weight excluding hydrogens is 404 g/mol. The van der Waals surface area contributed by atoms with Crippen LogP contribution in [0.25, 0.3) is 0 Å². The summed E-state index contributed by atoms with van der Waals surface area (Å²) in [4.78, 5) is 42.5. The monoisotopic (exact) mass is 434 g/mol. The Morgan fingerprint density at radius 3 is 1.97 bits per heavy atom. The molecule has 1 atom stereocenters. The fourth-order valence-electron chi connectivity index (χ4n) is 4.38. The highest BCUT2D eigenvalue weighted by atomic mass is 16.2. The smallest absolute Gasteiger partial charge is 0.319 e. The number of hydrogen-bond donors (Lipinski definition) is 2. The van der Waals surface area contributed by atoms with E-state index in [0.29, 0.717) is 31.6 Å². The van der Waals surface area contributed by atoms with Crippen molar-refractivity contribution in [1.82, 2.24) is 15.1 Å². The van der Waals surface area contributed by atoms with E-state index in [2.05, 4.69) is 10.6 Å². The first kappa shape index (κ1) is 21.9. The number of piperidine rings is 1. The molecule has 4 amide bonds. The van der Waals surface area contributed by atoms with Crippen LogP contribution in [0, 0.1) is 5.92 Å². The van der Waals surface area contributed by atoms with Crippen LogP contribution in [0.3, 0.4) is 0 Å². The number of nitrogens with zero attached hydrogens (tertiary/aromatic N) is 2. The molecule has 2 saturated heterocycles. The first-order valence-corrected chi connectivity index (χ1v) is 11.4. The largest absolute Gasteiger partial charge is 0.340 e. The van der Waals surface area contributed by atoms with Crippen molar-refractivity contribution in [3.63, 3.8) is 0 Å². The zero-order valence-corrected chi connectivity index (χ0v) is 18.2. The summed E-state index contributed by atoms with van der Waals surface area (Å²) in [5, 5.41) is 5.85. The fourth-order valence-corrected chi connectivity index (χ4v) is 4.38. The number of rotatable bonds is 5. The summed E-state index contributed by atoms with van der Waals surface area (Å²) >= 11 is 0. The van der Waals surface area contributed by atoms with Crippen molar-refractivity contribution < 1.29 is 14.4 Å². The molecule has 0 aliphatic carbocycles.